The minimum atomic E-state index is -0.0772. The van der Waals surface area contributed by atoms with Crippen molar-refractivity contribution in [1.29, 1.82) is 0 Å². The van der Waals surface area contributed by atoms with Gasteiger partial charge in [0.15, 0.2) is 5.78 Å². The molecule has 1 aromatic carbocycles. The third kappa shape index (κ3) is 2.99. The number of fused-ring (bicyclic) bond motifs is 1. The van der Waals surface area contributed by atoms with Crippen molar-refractivity contribution in [2.24, 2.45) is 0 Å². The van der Waals surface area contributed by atoms with Gasteiger partial charge in [0.1, 0.15) is 0 Å². The number of benzene rings is 1. The van der Waals surface area contributed by atoms with Crippen LogP contribution in [-0.2, 0) is 12.8 Å². The average molecular weight is 245 g/mol. The molecule has 0 heterocycles. The number of hydrogen-bond acceptors (Lipinski definition) is 2. The molecule has 1 aromatic rings. The van der Waals surface area contributed by atoms with Gasteiger partial charge < -0.3 is 5.32 Å². The van der Waals surface area contributed by atoms with Gasteiger partial charge in [0.05, 0.1) is 6.04 Å². The molecule has 0 aromatic heterocycles. The van der Waals surface area contributed by atoms with E-state index in [1.807, 2.05) is 13.0 Å². The highest BCUT2D eigenvalue weighted by molar-refractivity contribution is 6.00. The number of hydrogen-bond donors (Lipinski definition) is 1. The van der Waals surface area contributed by atoms with E-state index in [9.17, 15) is 4.79 Å². The van der Waals surface area contributed by atoms with Crippen LogP contribution in [-0.4, -0.2) is 18.4 Å². The number of Topliss-reactive ketones (excluding diaryl/α,β-unsaturated/α-hetero) is 1. The zero-order valence-electron chi connectivity index (χ0n) is 11.5. The molecule has 2 nitrogen and oxygen atoms in total. The minimum absolute atomic E-state index is 0.0772. The van der Waals surface area contributed by atoms with Crippen LogP contribution in [0.1, 0.15) is 54.6 Å². The molecule has 1 aliphatic rings. The maximum Gasteiger partial charge on any atom is 0.179 e. The molecule has 0 saturated carbocycles. The summed E-state index contributed by atoms with van der Waals surface area (Å²) in [4.78, 5) is 12.3. The van der Waals surface area contributed by atoms with Crippen LogP contribution < -0.4 is 5.32 Å². The van der Waals surface area contributed by atoms with E-state index >= 15 is 0 Å². The van der Waals surface area contributed by atoms with Crippen molar-refractivity contribution in [2.45, 2.75) is 52.0 Å². The summed E-state index contributed by atoms with van der Waals surface area (Å²) in [6.07, 6.45) is 5.91. The molecular weight excluding hydrogens is 222 g/mol. The summed E-state index contributed by atoms with van der Waals surface area (Å²) in [5, 5.41) is 3.26. The molecular formula is C16H23NO. The van der Waals surface area contributed by atoms with Crippen LogP contribution in [0.3, 0.4) is 0 Å². The van der Waals surface area contributed by atoms with Crippen molar-refractivity contribution in [2.75, 3.05) is 6.54 Å². The summed E-state index contributed by atoms with van der Waals surface area (Å²) in [6, 6.07) is 6.18. The Morgan fingerprint density at radius 2 is 2.00 bits per heavy atom. The summed E-state index contributed by atoms with van der Waals surface area (Å²) >= 11 is 0. The Morgan fingerprint density at radius 3 is 2.72 bits per heavy atom. The first kappa shape index (κ1) is 13.3. The van der Waals surface area contributed by atoms with E-state index in [4.69, 9.17) is 0 Å². The van der Waals surface area contributed by atoms with E-state index in [-0.39, 0.29) is 11.8 Å². The van der Waals surface area contributed by atoms with Gasteiger partial charge in [0.2, 0.25) is 0 Å². The molecule has 2 rings (SSSR count). The third-order valence-corrected chi connectivity index (χ3v) is 3.73. The van der Waals surface area contributed by atoms with E-state index in [2.05, 4.69) is 24.4 Å². The lowest BCUT2D eigenvalue weighted by Gasteiger charge is -2.18. The minimum Gasteiger partial charge on any atom is -0.307 e. The number of aryl methyl sites for hydroxylation is 2. The van der Waals surface area contributed by atoms with Crippen LogP contribution in [0, 0.1) is 0 Å². The van der Waals surface area contributed by atoms with Crippen molar-refractivity contribution in [3.8, 4) is 0 Å². The van der Waals surface area contributed by atoms with Gasteiger partial charge in [-0.3, -0.25) is 4.79 Å². The van der Waals surface area contributed by atoms with E-state index in [1.165, 1.54) is 30.4 Å². The first-order valence-corrected chi connectivity index (χ1v) is 7.11. The SMILES string of the molecule is CCCNC(C)C(=O)c1ccc2c(c1)CCCC2. The van der Waals surface area contributed by atoms with Gasteiger partial charge in [-0.1, -0.05) is 19.1 Å². The number of ketones is 1. The zero-order chi connectivity index (χ0) is 13.0. The van der Waals surface area contributed by atoms with Crippen LogP contribution in [0.5, 0.6) is 0 Å². The van der Waals surface area contributed by atoms with Crippen LogP contribution in [0.25, 0.3) is 0 Å². The van der Waals surface area contributed by atoms with Crippen LogP contribution in [0.2, 0.25) is 0 Å². The van der Waals surface area contributed by atoms with Gasteiger partial charge in [-0.15, -0.1) is 0 Å². The molecule has 1 aliphatic carbocycles. The van der Waals surface area contributed by atoms with Crippen molar-refractivity contribution in [1.82, 2.24) is 5.32 Å². The summed E-state index contributed by atoms with van der Waals surface area (Å²) in [6.45, 7) is 4.97. The molecule has 1 atom stereocenters. The molecule has 2 heteroatoms. The molecule has 0 saturated heterocycles. The molecule has 18 heavy (non-hydrogen) atoms. The first-order valence-electron chi connectivity index (χ1n) is 7.11. The molecule has 0 amide bonds. The van der Waals surface area contributed by atoms with Crippen molar-refractivity contribution < 1.29 is 4.79 Å². The lowest BCUT2D eigenvalue weighted by Crippen LogP contribution is -2.34. The molecule has 0 fully saturated rings. The average Bonchev–Trinajstić information content (AvgIpc) is 2.43. The van der Waals surface area contributed by atoms with E-state index in [0.717, 1.165) is 24.9 Å². The van der Waals surface area contributed by atoms with E-state index in [0.29, 0.717) is 0 Å². The Balaban J connectivity index is 2.10. The second-order valence-corrected chi connectivity index (χ2v) is 5.23. The monoisotopic (exact) mass is 245 g/mol. The van der Waals surface area contributed by atoms with Gasteiger partial charge in [-0.05, 0) is 62.8 Å². The maximum atomic E-state index is 12.3. The Kier molecular flexibility index (Phi) is 4.54. The number of rotatable bonds is 5. The standard InChI is InChI=1S/C16H23NO/c1-3-10-17-12(2)16(18)15-9-8-13-6-4-5-7-14(13)11-15/h8-9,11-12,17H,3-7,10H2,1-2H3. The molecule has 1 N–H and O–H groups in total. The van der Waals surface area contributed by atoms with Gasteiger partial charge in [-0.25, -0.2) is 0 Å². The van der Waals surface area contributed by atoms with Gasteiger partial charge in [-0.2, -0.15) is 0 Å². The highest BCUT2D eigenvalue weighted by Crippen LogP contribution is 2.22. The highest BCUT2D eigenvalue weighted by Gasteiger charge is 2.16. The summed E-state index contributed by atoms with van der Waals surface area (Å²) < 4.78 is 0. The maximum absolute atomic E-state index is 12.3. The van der Waals surface area contributed by atoms with Crippen molar-refractivity contribution in [3.63, 3.8) is 0 Å². The molecule has 98 valence electrons. The number of nitrogens with one attached hydrogen (secondary N) is 1. The second-order valence-electron chi connectivity index (χ2n) is 5.23. The molecule has 0 bridgehead atoms. The zero-order valence-corrected chi connectivity index (χ0v) is 11.5. The smallest absolute Gasteiger partial charge is 0.179 e. The Morgan fingerprint density at radius 1 is 1.28 bits per heavy atom. The van der Waals surface area contributed by atoms with E-state index in [1.54, 1.807) is 0 Å². The topological polar surface area (TPSA) is 29.1 Å². The summed E-state index contributed by atoms with van der Waals surface area (Å²) in [5.41, 5.74) is 3.69. The third-order valence-electron chi connectivity index (χ3n) is 3.73. The van der Waals surface area contributed by atoms with E-state index < -0.39 is 0 Å². The predicted molar refractivity (Wildman–Crippen MR) is 75.2 cm³/mol. The van der Waals surface area contributed by atoms with Crippen molar-refractivity contribution in [3.05, 3.63) is 34.9 Å². The van der Waals surface area contributed by atoms with Crippen LogP contribution in [0.15, 0.2) is 18.2 Å². The van der Waals surface area contributed by atoms with Gasteiger partial charge >= 0.3 is 0 Å². The molecule has 0 aliphatic heterocycles. The fraction of sp³-hybridized carbons (Fsp3) is 0.562. The quantitative estimate of drug-likeness (QED) is 0.807. The normalized spacial score (nSPS) is 16.1. The highest BCUT2D eigenvalue weighted by atomic mass is 16.1. The van der Waals surface area contributed by atoms with Gasteiger partial charge in [0.25, 0.3) is 0 Å². The summed E-state index contributed by atoms with van der Waals surface area (Å²) in [7, 11) is 0. The Bertz CT molecular complexity index is 425. The number of carbonyl (C=O) groups excluding carboxylic acids is 1. The predicted octanol–water partition coefficient (Wildman–Crippen LogP) is 3.14. The fourth-order valence-electron chi connectivity index (χ4n) is 2.59. The Hall–Kier alpha value is -1.15. The van der Waals surface area contributed by atoms with Crippen molar-refractivity contribution >= 4 is 5.78 Å². The lowest BCUT2D eigenvalue weighted by molar-refractivity contribution is 0.0951. The lowest BCUT2D eigenvalue weighted by atomic mass is 9.89. The number of carbonyl (C=O) groups is 1. The first-order chi connectivity index (χ1) is 8.72. The largest absolute Gasteiger partial charge is 0.307 e. The van der Waals surface area contributed by atoms with Crippen LogP contribution >= 0.6 is 0 Å². The molecule has 0 spiro atoms. The Labute approximate surface area is 110 Å². The summed E-state index contributed by atoms with van der Waals surface area (Å²) in [5.74, 6) is 0.219. The van der Waals surface area contributed by atoms with Crippen LogP contribution in [0.4, 0.5) is 0 Å². The van der Waals surface area contributed by atoms with Gasteiger partial charge in [0, 0.05) is 5.56 Å². The fourth-order valence-corrected chi connectivity index (χ4v) is 2.59. The molecule has 0 radical (unpaired) electrons. The second kappa shape index (κ2) is 6.14. The molecule has 1 unspecified atom stereocenters.